The van der Waals surface area contributed by atoms with Gasteiger partial charge in [-0.2, -0.15) is 5.26 Å². The molecule has 1 aliphatic rings. The molecule has 0 spiro atoms. The fraction of sp³-hybridized carbons (Fsp3) is 0.385. The van der Waals surface area contributed by atoms with E-state index < -0.39 is 0 Å². The minimum Gasteiger partial charge on any atom is -0.347 e. The molecule has 1 rings (SSSR count). The van der Waals surface area contributed by atoms with Crippen molar-refractivity contribution >= 4 is 5.84 Å². The highest BCUT2D eigenvalue weighted by Crippen LogP contribution is 2.06. The molecule has 16 heavy (non-hydrogen) atoms. The molecule has 0 bridgehead atoms. The van der Waals surface area contributed by atoms with Gasteiger partial charge < -0.3 is 5.32 Å². The van der Waals surface area contributed by atoms with E-state index in [1.54, 1.807) is 0 Å². The molecule has 3 heteroatoms. The summed E-state index contributed by atoms with van der Waals surface area (Å²) in [6, 6.07) is 2.23. The topological polar surface area (TPSA) is 48.2 Å². The van der Waals surface area contributed by atoms with E-state index in [4.69, 9.17) is 5.26 Å². The quantitative estimate of drug-likeness (QED) is 0.720. The molecule has 3 nitrogen and oxygen atoms in total. The van der Waals surface area contributed by atoms with Crippen molar-refractivity contribution < 1.29 is 0 Å². The lowest BCUT2D eigenvalue weighted by atomic mass is 10.1. The summed E-state index contributed by atoms with van der Waals surface area (Å²) in [7, 11) is 0. The van der Waals surface area contributed by atoms with Gasteiger partial charge in [-0.3, -0.25) is 4.99 Å². The van der Waals surface area contributed by atoms with Crippen LogP contribution in [0.3, 0.4) is 0 Å². The molecule has 0 fully saturated rings. The number of allylic oxidation sites excluding steroid dienone is 2. The van der Waals surface area contributed by atoms with Gasteiger partial charge in [-0.25, -0.2) is 0 Å². The van der Waals surface area contributed by atoms with E-state index in [-0.39, 0.29) is 5.92 Å². The van der Waals surface area contributed by atoms with Crippen LogP contribution in [-0.2, 0) is 0 Å². The number of nitrogens with zero attached hydrogens (tertiary/aromatic N) is 2. The summed E-state index contributed by atoms with van der Waals surface area (Å²) < 4.78 is 0. The summed E-state index contributed by atoms with van der Waals surface area (Å²) in [6.07, 6.45) is 9.23. The summed E-state index contributed by atoms with van der Waals surface area (Å²) in [5.74, 6) is 0.781. The SMILES string of the molecule is C=C(CC)C1=NC/C=C/C(C#N)C/C=C/N1. The Kier molecular flexibility index (Phi) is 5.07. The Bertz CT molecular complexity index is 369. The lowest BCUT2D eigenvalue weighted by Gasteiger charge is -2.08. The first-order chi connectivity index (χ1) is 7.77. The molecule has 1 atom stereocenters. The van der Waals surface area contributed by atoms with Crippen LogP contribution in [0.2, 0.25) is 0 Å². The van der Waals surface area contributed by atoms with Gasteiger partial charge in [-0.15, -0.1) is 0 Å². The van der Waals surface area contributed by atoms with Crippen molar-refractivity contribution in [1.82, 2.24) is 5.32 Å². The second-order valence-corrected chi connectivity index (χ2v) is 3.59. The standard InChI is InChI=1S/C13H17N3/c1-3-11(2)13-15-8-4-6-12(10-14)7-5-9-16-13/h4-6,9,12H,2-3,7-8H2,1H3,(H,15,16)/b6-4+,9-5+. The van der Waals surface area contributed by atoms with Crippen LogP contribution < -0.4 is 5.32 Å². The van der Waals surface area contributed by atoms with Crippen LogP contribution in [0, 0.1) is 17.2 Å². The van der Waals surface area contributed by atoms with Crippen molar-refractivity contribution in [3.05, 3.63) is 36.6 Å². The van der Waals surface area contributed by atoms with Gasteiger partial charge in [0.1, 0.15) is 5.84 Å². The molecule has 1 unspecified atom stereocenters. The largest absolute Gasteiger partial charge is 0.347 e. The zero-order chi connectivity index (χ0) is 11.8. The summed E-state index contributed by atoms with van der Waals surface area (Å²) >= 11 is 0. The van der Waals surface area contributed by atoms with E-state index >= 15 is 0 Å². The van der Waals surface area contributed by atoms with Crippen molar-refractivity contribution in [1.29, 1.82) is 5.26 Å². The fourth-order valence-corrected chi connectivity index (χ4v) is 1.32. The van der Waals surface area contributed by atoms with Gasteiger partial charge in [0.15, 0.2) is 0 Å². The maximum atomic E-state index is 8.84. The first kappa shape index (κ1) is 12.3. The molecule has 0 aromatic carbocycles. The summed E-state index contributed by atoms with van der Waals surface area (Å²) in [6.45, 7) is 6.59. The number of aliphatic imine (C=N–C) groups is 1. The van der Waals surface area contributed by atoms with E-state index in [2.05, 4.69) is 29.9 Å². The third kappa shape index (κ3) is 3.74. The van der Waals surface area contributed by atoms with E-state index in [1.807, 2.05) is 24.4 Å². The molecular formula is C13H17N3. The van der Waals surface area contributed by atoms with Gasteiger partial charge in [0.25, 0.3) is 0 Å². The first-order valence-electron chi connectivity index (χ1n) is 5.48. The Morgan fingerprint density at radius 3 is 3.19 bits per heavy atom. The molecule has 1 N–H and O–H groups in total. The average molecular weight is 215 g/mol. The zero-order valence-corrected chi connectivity index (χ0v) is 9.61. The Morgan fingerprint density at radius 2 is 2.50 bits per heavy atom. The minimum atomic E-state index is -0.0517. The van der Waals surface area contributed by atoms with Crippen molar-refractivity contribution in [3.8, 4) is 6.07 Å². The molecule has 0 aliphatic carbocycles. The molecule has 0 amide bonds. The zero-order valence-electron chi connectivity index (χ0n) is 9.61. The summed E-state index contributed by atoms with van der Waals surface area (Å²) in [4.78, 5) is 4.38. The Labute approximate surface area is 96.9 Å². The number of nitrogens with one attached hydrogen (secondary N) is 1. The van der Waals surface area contributed by atoms with E-state index in [0.29, 0.717) is 6.54 Å². The number of nitriles is 1. The highest BCUT2D eigenvalue weighted by atomic mass is 15.0. The van der Waals surface area contributed by atoms with Gasteiger partial charge >= 0.3 is 0 Å². The average Bonchev–Trinajstić information content (AvgIpc) is 2.34. The molecular weight excluding hydrogens is 198 g/mol. The number of hydrogen-bond donors (Lipinski definition) is 1. The normalized spacial score (nSPS) is 24.5. The monoisotopic (exact) mass is 215 g/mol. The van der Waals surface area contributed by atoms with Crippen LogP contribution in [0.5, 0.6) is 0 Å². The molecule has 0 saturated carbocycles. The van der Waals surface area contributed by atoms with Crippen LogP contribution in [0.15, 0.2) is 41.6 Å². The van der Waals surface area contributed by atoms with Gasteiger partial charge in [0.05, 0.1) is 18.5 Å². The smallest absolute Gasteiger partial charge is 0.127 e. The third-order valence-corrected chi connectivity index (χ3v) is 2.38. The van der Waals surface area contributed by atoms with E-state index in [0.717, 1.165) is 24.3 Å². The highest BCUT2D eigenvalue weighted by molar-refractivity contribution is 5.98. The lowest BCUT2D eigenvalue weighted by Crippen LogP contribution is -2.20. The van der Waals surface area contributed by atoms with Crippen molar-refractivity contribution in [2.75, 3.05) is 6.54 Å². The van der Waals surface area contributed by atoms with Crippen molar-refractivity contribution in [3.63, 3.8) is 0 Å². The molecule has 1 aliphatic heterocycles. The van der Waals surface area contributed by atoms with Crippen molar-refractivity contribution in [2.24, 2.45) is 10.9 Å². The predicted octanol–water partition coefficient (Wildman–Crippen LogP) is 2.55. The Hall–Kier alpha value is -1.82. The maximum Gasteiger partial charge on any atom is 0.127 e. The van der Waals surface area contributed by atoms with E-state index in [1.165, 1.54) is 0 Å². The molecule has 0 aromatic heterocycles. The van der Waals surface area contributed by atoms with Crippen LogP contribution in [0.1, 0.15) is 19.8 Å². The molecule has 0 radical (unpaired) electrons. The van der Waals surface area contributed by atoms with Gasteiger partial charge in [-0.05, 0) is 24.6 Å². The third-order valence-electron chi connectivity index (χ3n) is 2.38. The lowest BCUT2D eigenvalue weighted by molar-refractivity contribution is 0.837. The van der Waals surface area contributed by atoms with Gasteiger partial charge in [0.2, 0.25) is 0 Å². The van der Waals surface area contributed by atoms with Gasteiger partial charge in [0, 0.05) is 0 Å². The summed E-state index contributed by atoms with van der Waals surface area (Å²) in [5, 5.41) is 12.0. The van der Waals surface area contributed by atoms with Crippen LogP contribution in [-0.4, -0.2) is 12.4 Å². The number of rotatable bonds is 2. The predicted molar refractivity (Wildman–Crippen MR) is 66.9 cm³/mol. The Balaban J connectivity index is 2.76. The van der Waals surface area contributed by atoms with E-state index in [9.17, 15) is 0 Å². The second kappa shape index (κ2) is 6.62. The first-order valence-corrected chi connectivity index (χ1v) is 5.48. The second-order valence-electron chi connectivity index (χ2n) is 3.59. The highest BCUT2D eigenvalue weighted by Gasteiger charge is 2.03. The molecule has 0 saturated heterocycles. The van der Waals surface area contributed by atoms with Crippen LogP contribution in [0.4, 0.5) is 0 Å². The molecule has 0 aromatic rings. The van der Waals surface area contributed by atoms with Crippen molar-refractivity contribution in [2.45, 2.75) is 19.8 Å². The fourth-order valence-electron chi connectivity index (χ4n) is 1.32. The number of hydrogen-bond acceptors (Lipinski definition) is 3. The summed E-state index contributed by atoms with van der Waals surface area (Å²) in [5.41, 5.74) is 0.996. The Morgan fingerprint density at radius 1 is 1.69 bits per heavy atom. The van der Waals surface area contributed by atoms with Gasteiger partial charge in [-0.1, -0.05) is 31.7 Å². The minimum absolute atomic E-state index is 0.0517. The molecule has 1 heterocycles. The molecule has 84 valence electrons. The maximum absolute atomic E-state index is 8.84. The number of amidine groups is 1. The van der Waals surface area contributed by atoms with Crippen LogP contribution >= 0.6 is 0 Å². The van der Waals surface area contributed by atoms with Crippen LogP contribution in [0.25, 0.3) is 0 Å².